The SMILES string of the molecule is CCc1ccc(CN2CCO[C@H]3CC[C@H]2[C@@H]3OCc2ccncc2)o1. The maximum atomic E-state index is 6.31. The van der Waals surface area contributed by atoms with Gasteiger partial charge in [0, 0.05) is 31.4 Å². The zero-order valence-corrected chi connectivity index (χ0v) is 14.8. The fourth-order valence-corrected chi connectivity index (χ4v) is 3.95. The summed E-state index contributed by atoms with van der Waals surface area (Å²) < 4.78 is 18.3. The first kappa shape index (κ1) is 16.8. The van der Waals surface area contributed by atoms with Crippen LogP contribution in [0.25, 0.3) is 0 Å². The molecule has 25 heavy (non-hydrogen) atoms. The van der Waals surface area contributed by atoms with Gasteiger partial charge in [0.1, 0.15) is 11.5 Å². The van der Waals surface area contributed by atoms with Crippen LogP contribution in [0.3, 0.4) is 0 Å². The Morgan fingerprint density at radius 3 is 2.80 bits per heavy atom. The molecule has 3 atom stereocenters. The number of aromatic nitrogens is 1. The lowest BCUT2D eigenvalue weighted by molar-refractivity contribution is -0.0616. The maximum Gasteiger partial charge on any atom is 0.118 e. The Kier molecular flexibility index (Phi) is 5.15. The van der Waals surface area contributed by atoms with Gasteiger partial charge in [-0.25, -0.2) is 0 Å². The molecule has 1 aliphatic heterocycles. The lowest BCUT2D eigenvalue weighted by Gasteiger charge is -2.30. The standard InChI is InChI=1S/C20H26N2O3/c1-2-16-3-4-17(25-16)13-22-11-12-23-19-6-5-18(22)20(19)24-14-15-7-9-21-10-8-15/h3-4,7-10,18-20H,2,5-6,11-14H2,1H3/t18-,19-,20-/m0/s1. The summed E-state index contributed by atoms with van der Waals surface area (Å²) in [5, 5.41) is 0. The quantitative estimate of drug-likeness (QED) is 0.807. The van der Waals surface area contributed by atoms with E-state index in [9.17, 15) is 0 Å². The van der Waals surface area contributed by atoms with E-state index in [1.54, 1.807) is 0 Å². The number of furan rings is 1. The second kappa shape index (κ2) is 7.68. The van der Waals surface area contributed by atoms with Crippen molar-refractivity contribution in [2.24, 2.45) is 0 Å². The smallest absolute Gasteiger partial charge is 0.118 e. The fourth-order valence-electron chi connectivity index (χ4n) is 3.95. The number of hydrogen-bond acceptors (Lipinski definition) is 5. The van der Waals surface area contributed by atoms with E-state index < -0.39 is 0 Å². The molecule has 0 aromatic carbocycles. The van der Waals surface area contributed by atoms with E-state index in [0.717, 1.165) is 56.0 Å². The average molecular weight is 342 g/mol. The van der Waals surface area contributed by atoms with Crippen LogP contribution >= 0.6 is 0 Å². The van der Waals surface area contributed by atoms with Crippen molar-refractivity contribution in [3.63, 3.8) is 0 Å². The lowest BCUT2D eigenvalue weighted by Crippen LogP contribution is -2.42. The summed E-state index contributed by atoms with van der Waals surface area (Å²) in [5.41, 5.74) is 1.16. The summed E-state index contributed by atoms with van der Waals surface area (Å²) in [6.45, 7) is 5.25. The highest BCUT2D eigenvalue weighted by Crippen LogP contribution is 2.33. The minimum Gasteiger partial charge on any atom is -0.465 e. The van der Waals surface area contributed by atoms with Gasteiger partial charge in [0.2, 0.25) is 0 Å². The third-order valence-corrected chi connectivity index (χ3v) is 5.29. The predicted molar refractivity (Wildman–Crippen MR) is 94.1 cm³/mol. The number of pyridine rings is 1. The number of rotatable bonds is 6. The third kappa shape index (κ3) is 3.78. The molecule has 5 heteroatoms. The van der Waals surface area contributed by atoms with Crippen molar-refractivity contribution >= 4 is 0 Å². The molecule has 1 saturated heterocycles. The van der Waals surface area contributed by atoms with Crippen molar-refractivity contribution in [3.05, 3.63) is 53.7 Å². The molecule has 2 aromatic heterocycles. The predicted octanol–water partition coefficient (Wildman–Crippen LogP) is 3.19. The lowest BCUT2D eigenvalue weighted by atomic mass is 10.1. The van der Waals surface area contributed by atoms with E-state index in [1.807, 2.05) is 24.5 Å². The van der Waals surface area contributed by atoms with Crippen LogP contribution < -0.4 is 0 Å². The second-order valence-corrected chi connectivity index (χ2v) is 6.88. The minimum absolute atomic E-state index is 0.122. The number of nitrogens with zero attached hydrogens (tertiary/aromatic N) is 2. The van der Waals surface area contributed by atoms with Crippen LogP contribution in [0.1, 0.15) is 36.8 Å². The van der Waals surface area contributed by atoms with Gasteiger partial charge in [-0.1, -0.05) is 6.92 Å². The summed E-state index contributed by atoms with van der Waals surface area (Å²) in [4.78, 5) is 6.54. The van der Waals surface area contributed by atoms with E-state index in [-0.39, 0.29) is 12.2 Å². The fraction of sp³-hybridized carbons (Fsp3) is 0.550. The summed E-state index contributed by atoms with van der Waals surface area (Å²) in [6.07, 6.45) is 7.08. The molecule has 0 unspecified atom stereocenters. The van der Waals surface area contributed by atoms with Crippen LogP contribution in [0.2, 0.25) is 0 Å². The van der Waals surface area contributed by atoms with E-state index in [1.165, 1.54) is 0 Å². The molecule has 134 valence electrons. The number of aryl methyl sites for hydroxylation is 1. The molecule has 2 fully saturated rings. The molecule has 1 aliphatic carbocycles. The Labute approximate surface area is 148 Å². The van der Waals surface area contributed by atoms with Crippen LogP contribution in [-0.4, -0.2) is 41.3 Å². The van der Waals surface area contributed by atoms with Crippen LogP contribution in [0.5, 0.6) is 0 Å². The third-order valence-electron chi connectivity index (χ3n) is 5.29. The Morgan fingerprint density at radius 2 is 2.00 bits per heavy atom. The monoisotopic (exact) mass is 342 g/mol. The second-order valence-electron chi connectivity index (χ2n) is 6.88. The molecule has 2 aromatic rings. The van der Waals surface area contributed by atoms with E-state index in [2.05, 4.69) is 28.9 Å². The van der Waals surface area contributed by atoms with Crippen molar-refractivity contribution < 1.29 is 13.9 Å². The molecule has 0 N–H and O–H groups in total. The summed E-state index contributed by atoms with van der Waals surface area (Å²) in [6, 6.07) is 8.59. The Bertz CT molecular complexity index is 673. The van der Waals surface area contributed by atoms with Gasteiger partial charge in [0.25, 0.3) is 0 Å². The number of fused-ring (bicyclic) bond motifs is 2. The minimum atomic E-state index is 0.122. The van der Waals surface area contributed by atoms with Crippen LogP contribution in [-0.2, 0) is 29.0 Å². The van der Waals surface area contributed by atoms with Gasteiger partial charge in [-0.2, -0.15) is 0 Å². The largest absolute Gasteiger partial charge is 0.465 e. The zero-order chi connectivity index (χ0) is 17.1. The Morgan fingerprint density at radius 1 is 1.16 bits per heavy atom. The highest BCUT2D eigenvalue weighted by atomic mass is 16.5. The first-order chi connectivity index (χ1) is 12.3. The molecule has 1 saturated carbocycles. The van der Waals surface area contributed by atoms with E-state index >= 15 is 0 Å². The van der Waals surface area contributed by atoms with Gasteiger partial charge in [-0.3, -0.25) is 9.88 Å². The maximum absolute atomic E-state index is 6.31. The molecule has 4 rings (SSSR count). The first-order valence-electron chi connectivity index (χ1n) is 9.27. The molecule has 0 radical (unpaired) electrons. The Balaban J connectivity index is 1.44. The van der Waals surface area contributed by atoms with Crippen LogP contribution in [0, 0.1) is 0 Å². The molecule has 2 aliphatic rings. The summed E-state index contributed by atoms with van der Waals surface area (Å²) in [7, 11) is 0. The van der Waals surface area contributed by atoms with Crippen molar-refractivity contribution in [2.45, 2.75) is 57.6 Å². The van der Waals surface area contributed by atoms with Crippen LogP contribution in [0.4, 0.5) is 0 Å². The first-order valence-corrected chi connectivity index (χ1v) is 9.27. The van der Waals surface area contributed by atoms with Crippen molar-refractivity contribution in [1.82, 2.24) is 9.88 Å². The van der Waals surface area contributed by atoms with Gasteiger partial charge < -0.3 is 13.9 Å². The molecule has 2 bridgehead atoms. The van der Waals surface area contributed by atoms with Gasteiger partial charge in [-0.15, -0.1) is 0 Å². The van der Waals surface area contributed by atoms with Crippen molar-refractivity contribution in [2.75, 3.05) is 13.2 Å². The molecule has 0 spiro atoms. The van der Waals surface area contributed by atoms with Gasteiger partial charge in [-0.05, 0) is 42.7 Å². The van der Waals surface area contributed by atoms with E-state index in [4.69, 9.17) is 13.9 Å². The molecular weight excluding hydrogens is 316 g/mol. The Hall–Kier alpha value is -1.69. The molecular formula is C20H26N2O3. The average Bonchev–Trinajstić information content (AvgIpc) is 3.21. The van der Waals surface area contributed by atoms with Crippen LogP contribution in [0.15, 0.2) is 41.1 Å². The van der Waals surface area contributed by atoms with E-state index in [0.29, 0.717) is 12.6 Å². The van der Waals surface area contributed by atoms with Gasteiger partial charge in [0.05, 0.1) is 32.0 Å². The van der Waals surface area contributed by atoms with Crippen molar-refractivity contribution in [1.29, 1.82) is 0 Å². The highest BCUT2D eigenvalue weighted by Gasteiger charge is 2.43. The zero-order valence-electron chi connectivity index (χ0n) is 14.8. The van der Waals surface area contributed by atoms with Gasteiger partial charge in [0.15, 0.2) is 0 Å². The molecule has 5 nitrogen and oxygen atoms in total. The molecule has 0 amide bonds. The number of ether oxygens (including phenoxy) is 2. The normalized spacial score (nSPS) is 26.7. The van der Waals surface area contributed by atoms with Crippen molar-refractivity contribution in [3.8, 4) is 0 Å². The summed E-state index contributed by atoms with van der Waals surface area (Å²) in [5.74, 6) is 2.09. The summed E-state index contributed by atoms with van der Waals surface area (Å²) >= 11 is 0. The van der Waals surface area contributed by atoms with Gasteiger partial charge >= 0.3 is 0 Å². The molecule has 3 heterocycles. The highest BCUT2D eigenvalue weighted by molar-refractivity contribution is 5.10. The topological polar surface area (TPSA) is 47.7 Å². The number of hydrogen-bond donors (Lipinski definition) is 0.